The maximum absolute atomic E-state index is 13.2. The van der Waals surface area contributed by atoms with Gasteiger partial charge in [0, 0.05) is 25.5 Å². The van der Waals surface area contributed by atoms with Crippen molar-refractivity contribution in [3.05, 3.63) is 65.7 Å². The lowest BCUT2D eigenvalue weighted by Gasteiger charge is -2.30. The molecule has 1 aliphatic heterocycles. The molecular weight excluding hydrogens is 295 g/mol. The number of pyridine rings is 1. The van der Waals surface area contributed by atoms with Crippen LogP contribution in [0.2, 0.25) is 0 Å². The van der Waals surface area contributed by atoms with Crippen molar-refractivity contribution in [2.45, 2.75) is 12.3 Å². The van der Waals surface area contributed by atoms with Gasteiger partial charge in [0.05, 0.1) is 19.1 Å². The number of carbonyl (C=O) groups excluding carboxylic acids is 1. The number of carbonyl (C=O) groups is 1. The molecule has 1 aliphatic rings. The van der Waals surface area contributed by atoms with Gasteiger partial charge in [-0.1, -0.05) is 18.2 Å². The third-order valence-electron chi connectivity index (χ3n) is 4.06. The van der Waals surface area contributed by atoms with E-state index in [1.165, 1.54) is 12.1 Å². The van der Waals surface area contributed by atoms with Crippen molar-refractivity contribution in [1.29, 1.82) is 0 Å². The van der Waals surface area contributed by atoms with Gasteiger partial charge in [-0.2, -0.15) is 0 Å². The number of rotatable bonds is 4. The van der Waals surface area contributed by atoms with Crippen LogP contribution in [0.1, 0.15) is 17.0 Å². The third kappa shape index (κ3) is 3.93. The summed E-state index contributed by atoms with van der Waals surface area (Å²) < 4.78 is 18.5. The monoisotopic (exact) mass is 314 g/mol. The lowest BCUT2D eigenvalue weighted by Crippen LogP contribution is -2.43. The maximum Gasteiger partial charge on any atom is 0.230 e. The smallest absolute Gasteiger partial charge is 0.230 e. The van der Waals surface area contributed by atoms with Gasteiger partial charge < -0.3 is 9.64 Å². The molecule has 0 aliphatic carbocycles. The lowest BCUT2D eigenvalue weighted by atomic mass is 9.91. The SMILES string of the molecule is O=C(C(Cc1cccnc1)c1ccc(F)cc1)N1CCOCC1. The zero-order valence-corrected chi connectivity index (χ0v) is 12.8. The van der Waals surface area contributed by atoms with Crippen LogP contribution in [0.5, 0.6) is 0 Å². The molecule has 0 bridgehead atoms. The third-order valence-corrected chi connectivity index (χ3v) is 4.06. The molecule has 2 aromatic rings. The van der Waals surface area contributed by atoms with Gasteiger partial charge in [0.15, 0.2) is 0 Å². The van der Waals surface area contributed by atoms with Crippen molar-refractivity contribution < 1.29 is 13.9 Å². The van der Waals surface area contributed by atoms with Gasteiger partial charge in [-0.15, -0.1) is 0 Å². The van der Waals surface area contributed by atoms with Crippen LogP contribution in [0, 0.1) is 5.82 Å². The van der Waals surface area contributed by atoms with Crippen molar-refractivity contribution in [3.8, 4) is 0 Å². The van der Waals surface area contributed by atoms with Gasteiger partial charge in [-0.05, 0) is 35.7 Å². The number of hydrogen-bond donors (Lipinski definition) is 0. The van der Waals surface area contributed by atoms with Crippen LogP contribution in [0.3, 0.4) is 0 Å². The first kappa shape index (κ1) is 15.6. The fraction of sp³-hybridized carbons (Fsp3) is 0.333. The standard InChI is InChI=1S/C18H19FN2O2/c19-16-5-3-15(4-6-16)17(12-14-2-1-7-20-13-14)18(22)21-8-10-23-11-9-21/h1-7,13,17H,8-12H2. The molecule has 1 amide bonds. The summed E-state index contributed by atoms with van der Waals surface area (Å²) in [6.45, 7) is 2.33. The summed E-state index contributed by atoms with van der Waals surface area (Å²) in [5.41, 5.74) is 1.81. The Kier molecular flexibility index (Phi) is 4.98. The molecular formula is C18H19FN2O2. The normalized spacial score (nSPS) is 16.1. The predicted molar refractivity (Wildman–Crippen MR) is 84.5 cm³/mol. The second kappa shape index (κ2) is 7.33. The molecule has 3 rings (SSSR count). The van der Waals surface area contributed by atoms with Crippen LogP contribution in [-0.2, 0) is 16.0 Å². The molecule has 1 saturated heterocycles. The zero-order chi connectivity index (χ0) is 16.1. The van der Waals surface area contributed by atoms with Crippen molar-refractivity contribution >= 4 is 5.91 Å². The Morgan fingerprint density at radius 2 is 1.96 bits per heavy atom. The minimum Gasteiger partial charge on any atom is -0.378 e. The van der Waals surface area contributed by atoms with Gasteiger partial charge in [-0.25, -0.2) is 4.39 Å². The Bertz CT molecular complexity index is 640. The number of ether oxygens (including phenoxy) is 1. The van der Waals surface area contributed by atoms with Gasteiger partial charge >= 0.3 is 0 Å². The first-order valence-electron chi connectivity index (χ1n) is 7.75. The lowest BCUT2D eigenvalue weighted by molar-refractivity contribution is -0.136. The molecule has 1 fully saturated rings. The van der Waals surface area contributed by atoms with E-state index in [-0.39, 0.29) is 17.6 Å². The van der Waals surface area contributed by atoms with Crippen molar-refractivity contribution in [3.63, 3.8) is 0 Å². The summed E-state index contributed by atoms with van der Waals surface area (Å²) in [5, 5.41) is 0. The quantitative estimate of drug-likeness (QED) is 0.870. The molecule has 23 heavy (non-hydrogen) atoms. The number of aromatic nitrogens is 1. The van der Waals surface area contributed by atoms with Crippen LogP contribution in [0.25, 0.3) is 0 Å². The van der Waals surface area contributed by atoms with E-state index in [1.54, 1.807) is 24.5 Å². The molecule has 4 nitrogen and oxygen atoms in total. The van der Waals surface area contributed by atoms with E-state index in [4.69, 9.17) is 4.74 Å². The molecule has 1 aromatic heterocycles. The number of morpholine rings is 1. The van der Waals surface area contributed by atoms with Crippen LogP contribution in [-0.4, -0.2) is 42.1 Å². The van der Waals surface area contributed by atoms with E-state index < -0.39 is 0 Å². The van der Waals surface area contributed by atoms with E-state index in [2.05, 4.69) is 4.98 Å². The van der Waals surface area contributed by atoms with Crippen LogP contribution in [0.15, 0.2) is 48.8 Å². The Labute approximate surface area is 134 Å². The van der Waals surface area contributed by atoms with Gasteiger partial charge in [0.25, 0.3) is 0 Å². The molecule has 2 heterocycles. The molecule has 1 atom stereocenters. The highest BCUT2D eigenvalue weighted by molar-refractivity contribution is 5.84. The van der Waals surface area contributed by atoms with Crippen LogP contribution >= 0.6 is 0 Å². The fourth-order valence-corrected chi connectivity index (χ4v) is 2.80. The summed E-state index contributed by atoms with van der Waals surface area (Å²) in [5.74, 6) is -0.575. The van der Waals surface area contributed by atoms with Crippen molar-refractivity contribution in [2.75, 3.05) is 26.3 Å². The number of halogens is 1. The Morgan fingerprint density at radius 1 is 1.22 bits per heavy atom. The largest absolute Gasteiger partial charge is 0.378 e. The predicted octanol–water partition coefficient (Wildman–Crippen LogP) is 2.41. The molecule has 1 unspecified atom stereocenters. The molecule has 120 valence electrons. The highest BCUT2D eigenvalue weighted by atomic mass is 19.1. The summed E-state index contributed by atoms with van der Waals surface area (Å²) >= 11 is 0. The molecule has 0 saturated carbocycles. The zero-order valence-electron chi connectivity index (χ0n) is 12.8. The second-order valence-corrected chi connectivity index (χ2v) is 5.61. The van der Waals surface area contributed by atoms with E-state index in [1.807, 2.05) is 17.0 Å². The summed E-state index contributed by atoms with van der Waals surface area (Å²) in [6.07, 6.45) is 4.03. The van der Waals surface area contributed by atoms with E-state index in [0.29, 0.717) is 32.7 Å². The van der Waals surface area contributed by atoms with Gasteiger partial charge in [0.1, 0.15) is 5.82 Å². The average molecular weight is 314 g/mol. The summed E-state index contributed by atoms with van der Waals surface area (Å²) in [4.78, 5) is 18.9. The van der Waals surface area contributed by atoms with E-state index in [9.17, 15) is 9.18 Å². The van der Waals surface area contributed by atoms with E-state index in [0.717, 1.165) is 11.1 Å². The topological polar surface area (TPSA) is 42.4 Å². The molecule has 0 radical (unpaired) electrons. The number of hydrogen-bond acceptors (Lipinski definition) is 3. The summed E-state index contributed by atoms with van der Waals surface area (Å²) in [7, 11) is 0. The van der Waals surface area contributed by atoms with Crippen molar-refractivity contribution in [1.82, 2.24) is 9.88 Å². The van der Waals surface area contributed by atoms with Crippen molar-refractivity contribution in [2.24, 2.45) is 0 Å². The Hall–Kier alpha value is -2.27. The molecule has 0 spiro atoms. The van der Waals surface area contributed by atoms with Gasteiger partial charge in [0.2, 0.25) is 5.91 Å². The Balaban J connectivity index is 1.85. The maximum atomic E-state index is 13.2. The molecule has 1 aromatic carbocycles. The highest BCUT2D eigenvalue weighted by Gasteiger charge is 2.27. The number of benzene rings is 1. The second-order valence-electron chi connectivity index (χ2n) is 5.61. The van der Waals surface area contributed by atoms with Crippen LogP contribution in [0.4, 0.5) is 4.39 Å². The summed E-state index contributed by atoms with van der Waals surface area (Å²) in [6, 6.07) is 9.99. The minimum absolute atomic E-state index is 0.0590. The molecule has 0 N–H and O–H groups in total. The minimum atomic E-state index is -0.335. The van der Waals surface area contributed by atoms with E-state index >= 15 is 0 Å². The molecule has 5 heteroatoms. The van der Waals surface area contributed by atoms with Gasteiger partial charge in [-0.3, -0.25) is 9.78 Å². The highest BCUT2D eigenvalue weighted by Crippen LogP contribution is 2.24. The average Bonchev–Trinajstić information content (AvgIpc) is 2.62. The number of nitrogens with zero attached hydrogens (tertiary/aromatic N) is 2. The first-order valence-corrected chi connectivity index (χ1v) is 7.75. The van der Waals surface area contributed by atoms with Crippen LogP contribution < -0.4 is 0 Å². The Morgan fingerprint density at radius 3 is 2.61 bits per heavy atom. The number of amides is 1. The fourth-order valence-electron chi connectivity index (χ4n) is 2.80. The first-order chi connectivity index (χ1) is 11.2.